The van der Waals surface area contributed by atoms with Crippen molar-refractivity contribution in [2.24, 2.45) is 0 Å². The van der Waals surface area contributed by atoms with E-state index in [1.165, 1.54) is 17.7 Å². The van der Waals surface area contributed by atoms with E-state index in [1.54, 1.807) is 17.0 Å². The Hall–Kier alpha value is -3.09. The van der Waals surface area contributed by atoms with Gasteiger partial charge in [0.25, 0.3) is 0 Å². The van der Waals surface area contributed by atoms with Crippen LogP contribution in [0.3, 0.4) is 0 Å². The Morgan fingerprint density at radius 1 is 1.14 bits per heavy atom. The maximum atomic E-state index is 13.5. The van der Waals surface area contributed by atoms with Gasteiger partial charge in [-0.25, -0.2) is 14.0 Å². The molecule has 3 N–H and O–H groups in total. The van der Waals surface area contributed by atoms with E-state index in [2.05, 4.69) is 16.7 Å². The third kappa shape index (κ3) is 3.90. The first-order valence-electron chi connectivity index (χ1n) is 9.76. The zero-order valence-electron chi connectivity index (χ0n) is 16.2. The minimum atomic E-state index is -1.05. The molecule has 0 unspecified atom stereocenters. The van der Waals surface area contributed by atoms with Gasteiger partial charge in [-0.15, -0.1) is 0 Å². The van der Waals surface area contributed by atoms with Crippen molar-refractivity contribution in [1.82, 2.24) is 15.5 Å². The Kier molecular flexibility index (Phi) is 4.90. The number of hydrogen-bond acceptors (Lipinski definition) is 2. The van der Waals surface area contributed by atoms with E-state index in [0.29, 0.717) is 19.4 Å². The molecule has 1 aliphatic carbocycles. The van der Waals surface area contributed by atoms with Crippen molar-refractivity contribution < 1.29 is 19.1 Å². The number of halogens is 1. The number of fused-ring (bicyclic) bond motifs is 1. The Morgan fingerprint density at radius 3 is 2.52 bits per heavy atom. The smallest absolute Gasteiger partial charge is 0.404 e. The molecule has 0 spiro atoms. The van der Waals surface area contributed by atoms with Gasteiger partial charge in [0.15, 0.2) is 0 Å². The first-order chi connectivity index (χ1) is 13.8. The van der Waals surface area contributed by atoms with Gasteiger partial charge in [-0.3, -0.25) is 0 Å². The average molecular weight is 397 g/mol. The summed E-state index contributed by atoms with van der Waals surface area (Å²) in [5.74, 6) is -0.312. The van der Waals surface area contributed by atoms with E-state index in [-0.39, 0.29) is 23.9 Å². The SMILES string of the molecule is C[C@]1(NC(=O)N2CCc3ccccc3[C@@H]2c2ccc(F)cc2)C[C@H](NC(=O)O)C1. The minimum absolute atomic E-state index is 0.146. The summed E-state index contributed by atoms with van der Waals surface area (Å²) in [6.45, 7) is 2.48. The molecule has 6 nitrogen and oxygen atoms in total. The van der Waals surface area contributed by atoms with Crippen molar-refractivity contribution in [3.63, 3.8) is 0 Å². The topological polar surface area (TPSA) is 81.7 Å². The molecule has 2 aromatic carbocycles. The summed E-state index contributed by atoms with van der Waals surface area (Å²) < 4.78 is 13.5. The van der Waals surface area contributed by atoms with Gasteiger partial charge >= 0.3 is 12.1 Å². The molecule has 3 amide bonds. The lowest BCUT2D eigenvalue weighted by Crippen LogP contribution is -2.64. The molecule has 29 heavy (non-hydrogen) atoms. The first-order valence-corrected chi connectivity index (χ1v) is 9.76. The van der Waals surface area contributed by atoms with Gasteiger partial charge in [0, 0.05) is 18.1 Å². The predicted octanol–water partition coefficient (Wildman–Crippen LogP) is 3.67. The lowest BCUT2D eigenvalue weighted by Gasteiger charge is -2.47. The highest BCUT2D eigenvalue weighted by atomic mass is 19.1. The highest BCUT2D eigenvalue weighted by Crippen LogP contribution is 2.37. The average Bonchev–Trinajstić information content (AvgIpc) is 2.66. The summed E-state index contributed by atoms with van der Waals surface area (Å²) in [5, 5.41) is 14.4. The number of carbonyl (C=O) groups is 2. The molecule has 2 aromatic rings. The van der Waals surface area contributed by atoms with Crippen LogP contribution in [0.25, 0.3) is 0 Å². The molecule has 1 atom stereocenters. The van der Waals surface area contributed by atoms with Gasteiger partial charge in [-0.1, -0.05) is 36.4 Å². The van der Waals surface area contributed by atoms with Gasteiger partial charge in [0.2, 0.25) is 0 Å². The zero-order valence-corrected chi connectivity index (χ0v) is 16.2. The molecule has 7 heteroatoms. The third-order valence-corrected chi connectivity index (χ3v) is 5.86. The number of carboxylic acid groups (broad SMARTS) is 1. The molecule has 0 bridgehead atoms. The normalized spacial score (nSPS) is 25.5. The van der Waals surface area contributed by atoms with Crippen LogP contribution in [0.15, 0.2) is 48.5 Å². The minimum Gasteiger partial charge on any atom is -0.465 e. The van der Waals surface area contributed by atoms with Crippen LogP contribution in [0.5, 0.6) is 0 Å². The summed E-state index contributed by atoms with van der Waals surface area (Å²) >= 11 is 0. The molecule has 1 fully saturated rings. The van der Waals surface area contributed by atoms with Crippen LogP contribution in [-0.2, 0) is 6.42 Å². The fraction of sp³-hybridized carbons (Fsp3) is 0.364. The monoisotopic (exact) mass is 397 g/mol. The van der Waals surface area contributed by atoms with E-state index in [4.69, 9.17) is 5.11 Å². The van der Waals surface area contributed by atoms with Crippen molar-refractivity contribution in [3.8, 4) is 0 Å². The number of nitrogens with zero attached hydrogens (tertiary/aromatic N) is 1. The van der Waals surface area contributed by atoms with Gasteiger partial charge in [0.1, 0.15) is 5.82 Å². The molecular weight excluding hydrogens is 373 g/mol. The van der Waals surface area contributed by atoms with Crippen molar-refractivity contribution >= 4 is 12.1 Å². The van der Waals surface area contributed by atoms with Crippen LogP contribution >= 0.6 is 0 Å². The maximum absolute atomic E-state index is 13.5. The molecule has 2 aliphatic rings. The van der Waals surface area contributed by atoms with Crippen LogP contribution in [-0.4, -0.2) is 40.3 Å². The third-order valence-electron chi connectivity index (χ3n) is 5.86. The van der Waals surface area contributed by atoms with E-state index in [0.717, 1.165) is 17.5 Å². The summed E-state index contributed by atoms with van der Waals surface area (Å²) in [7, 11) is 0. The second-order valence-corrected chi connectivity index (χ2v) is 8.14. The van der Waals surface area contributed by atoms with Crippen LogP contribution < -0.4 is 10.6 Å². The van der Waals surface area contributed by atoms with Gasteiger partial charge in [-0.05, 0) is 55.0 Å². The molecule has 1 saturated carbocycles. The highest BCUT2D eigenvalue weighted by Gasteiger charge is 2.44. The van der Waals surface area contributed by atoms with E-state index in [9.17, 15) is 14.0 Å². The molecule has 0 radical (unpaired) electrons. The quantitative estimate of drug-likeness (QED) is 0.739. The van der Waals surface area contributed by atoms with Crippen molar-refractivity contribution in [2.45, 2.75) is 43.8 Å². The van der Waals surface area contributed by atoms with Crippen LogP contribution in [0.4, 0.5) is 14.0 Å². The second-order valence-electron chi connectivity index (χ2n) is 8.14. The van der Waals surface area contributed by atoms with Gasteiger partial charge in [-0.2, -0.15) is 0 Å². The molecule has 0 saturated heterocycles. The number of nitrogens with one attached hydrogen (secondary N) is 2. The Balaban J connectivity index is 1.56. The number of amides is 3. The summed E-state index contributed by atoms with van der Waals surface area (Å²) in [6, 6.07) is 13.7. The maximum Gasteiger partial charge on any atom is 0.404 e. The predicted molar refractivity (Wildman–Crippen MR) is 106 cm³/mol. The van der Waals surface area contributed by atoms with Crippen LogP contribution in [0, 0.1) is 5.82 Å². The van der Waals surface area contributed by atoms with Crippen molar-refractivity contribution in [3.05, 3.63) is 71.0 Å². The number of benzene rings is 2. The van der Waals surface area contributed by atoms with E-state index >= 15 is 0 Å². The molecule has 1 heterocycles. The summed E-state index contributed by atoms with van der Waals surface area (Å²) in [6.07, 6.45) is 0.807. The number of carbonyl (C=O) groups excluding carboxylic acids is 1. The summed E-state index contributed by atoms with van der Waals surface area (Å²) in [5.41, 5.74) is 2.64. The fourth-order valence-electron chi connectivity index (χ4n) is 4.53. The molecular formula is C22H24FN3O3. The van der Waals surface area contributed by atoms with Crippen LogP contribution in [0.1, 0.15) is 42.5 Å². The Labute approximate surface area is 168 Å². The lowest BCUT2D eigenvalue weighted by atomic mass is 9.74. The molecule has 4 rings (SSSR count). The Bertz CT molecular complexity index is 925. The molecule has 152 valence electrons. The second kappa shape index (κ2) is 7.39. The lowest BCUT2D eigenvalue weighted by molar-refractivity contribution is 0.120. The van der Waals surface area contributed by atoms with Crippen molar-refractivity contribution in [1.29, 1.82) is 0 Å². The first kappa shape index (κ1) is 19.2. The largest absolute Gasteiger partial charge is 0.465 e. The number of urea groups is 1. The van der Waals surface area contributed by atoms with E-state index < -0.39 is 11.6 Å². The standard InChI is InChI=1S/C22H24FN3O3/c1-22(12-17(13-22)24-21(28)29)25-20(27)26-11-10-14-4-2-3-5-18(14)19(26)15-6-8-16(23)9-7-15/h2-9,17,19,24H,10-13H2,1H3,(H,25,27)(H,28,29)/t17-,19-,22-/m0/s1. The zero-order chi connectivity index (χ0) is 20.6. The molecule has 1 aliphatic heterocycles. The molecule has 0 aromatic heterocycles. The summed E-state index contributed by atoms with van der Waals surface area (Å²) in [4.78, 5) is 25.8. The number of hydrogen-bond donors (Lipinski definition) is 3. The fourth-order valence-corrected chi connectivity index (χ4v) is 4.53. The van der Waals surface area contributed by atoms with Gasteiger partial charge < -0.3 is 20.6 Å². The van der Waals surface area contributed by atoms with Crippen LogP contribution in [0.2, 0.25) is 0 Å². The van der Waals surface area contributed by atoms with E-state index in [1.807, 2.05) is 25.1 Å². The Morgan fingerprint density at radius 2 is 1.83 bits per heavy atom. The number of rotatable bonds is 3. The highest BCUT2D eigenvalue weighted by molar-refractivity contribution is 5.77. The van der Waals surface area contributed by atoms with Gasteiger partial charge in [0.05, 0.1) is 6.04 Å². The van der Waals surface area contributed by atoms with Crippen molar-refractivity contribution in [2.75, 3.05) is 6.54 Å².